The molecule has 7 nitrogen and oxygen atoms in total. The minimum absolute atomic E-state index is 0.0215. The number of hydrogen-bond acceptors (Lipinski definition) is 5. The Hall–Kier alpha value is -1.99. The van der Waals surface area contributed by atoms with Crippen molar-refractivity contribution in [1.29, 1.82) is 0 Å². The molecule has 26 heavy (non-hydrogen) atoms. The van der Waals surface area contributed by atoms with Crippen molar-refractivity contribution in [3.8, 4) is 0 Å². The molecule has 3 rings (SSSR count). The summed E-state index contributed by atoms with van der Waals surface area (Å²) in [5.41, 5.74) is 2.01. The van der Waals surface area contributed by atoms with Crippen molar-refractivity contribution in [1.82, 2.24) is 29.1 Å². The number of piperazine rings is 1. The van der Waals surface area contributed by atoms with Crippen LogP contribution in [0.4, 0.5) is 0 Å². The van der Waals surface area contributed by atoms with Crippen LogP contribution in [0.1, 0.15) is 32.2 Å². The van der Waals surface area contributed by atoms with Crippen molar-refractivity contribution in [2.24, 2.45) is 7.05 Å². The largest absolute Gasteiger partial charge is 0.340 e. The molecule has 0 radical (unpaired) electrons. The van der Waals surface area contributed by atoms with Crippen LogP contribution in [0.5, 0.6) is 0 Å². The first-order valence-corrected chi connectivity index (χ1v) is 9.31. The van der Waals surface area contributed by atoms with E-state index in [1.54, 1.807) is 10.7 Å². The third kappa shape index (κ3) is 4.80. The van der Waals surface area contributed by atoms with Crippen LogP contribution in [0, 0.1) is 0 Å². The van der Waals surface area contributed by atoms with Gasteiger partial charge in [-0.25, -0.2) is 9.67 Å². The maximum atomic E-state index is 12.1. The van der Waals surface area contributed by atoms with Gasteiger partial charge in [0.1, 0.15) is 0 Å². The summed E-state index contributed by atoms with van der Waals surface area (Å²) < 4.78 is 3.60. The number of imidazole rings is 1. The molecule has 3 heterocycles. The molecule has 0 spiro atoms. The second-order valence-corrected chi connectivity index (χ2v) is 8.18. The van der Waals surface area contributed by atoms with E-state index in [1.807, 2.05) is 24.0 Å². The van der Waals surface area contributed by atoms with Crippen LogP contribution in [-0.2, 0) is 25.6 Å². The van der Waals surface area contributed by atoms with Crippen LogP contribution in [-0.4, -0.2) is 61.9 Å². The third-order valence-electron chi connectivity index (χ3n) is 4.87. The van der Waals surface area contributed by atoms with Crippen molar-refractivity contribution < 1.29 is 0 Å². The van der Waals surface area contributed by atoms with Gasteiger partial charge in [-0.05, 0) is 6.07 Å². The topological polar surface area (TPSA) is 59.2 Å². The first kappa shape index (κ1) is 18.8. The highest BCUT2D eigenvalue weighted by Crippen LogP contribution is 2.18. The number of aromatic nitrogens is 4. The lowest BCUT2D eigenvalue weighted by atomic mass is 9.92. The fourth-order valence-electron chi connectivity index (χ4n) is 3.19. The molecule has 1 fully saturated rings. The summed E-state index contributed by atoms with van der Waals surface area (Å²) in [7, 11) is 2.00. The van der Waals surface area contributed by atoms with Gasteiger partial charge in [-0.15, -0.1) is 0 Å². The van der Waals surface area contributed by atoms with E-state index in [0.29, 0.717) is 6.54 Å². The zero-order valence-corrected chi connectivity index (χ0v) is 16.4. The quantitative estimate of drug-likeness (QED) is 0.801. The molecule has 0 aliphatic carbocycles. The molecule has 0 aromatic carbocycles. The minimum atomic E-state index is -0.0491. The highest BCUT2D eigenvalue weighted by molar-refractivity contribution is 5.10. The molecule has 0 bridgehead atoms. The van der Waals surface area contributed by atoms with E-state index in [0.717, 1.165) is 50.7 Å². The molecule has 0 atom stereocenters. The Labute approximate surface area is 155 Å². The molecule has 0 amide bonds. The Morgan fingerprint density at radius 3 is 2.35 bits per heavy atom. The van der Waals surface area contributed by atoms with Crippen molar-refractivity contribution in [3.05, 3.63) is 46.4 Å². The summed E-state index contributed by atoms with van der Waals surface area (Å²) in [6, 6.07) is 3.48. The second kappa shape index (κ2) is 7.72. The molecule has 0 saturated carbocycles. The van der Waals surface area contributed by atoms with E-state index in [4.69, 9.17) is 0 Å². The van der Waals surface area contributed by atoms with E-state index in [1.165, 1.54) is 0 Å². The van der Waals surface area contributed by atoms with Crippen molar-refractivity contribution >= 4 is 0 Å². The van der Waals surface area contributed by atoms with E-state index in [2.05, 4.69) is 46.9 Å². The van der Waals surface area contributed by atoms with Gasteiger partial charge in [0.15, 0.2) is 0 Å². The Morgan fingerprint density at radius 2 is 1.73 bits per heavy atom. The second-order valence-electron chi connectivity index (χ2n) is 8.18. The van der Waals surface area contributed by atoms with Crippen LogP contribution >= 0.6 is 0 Å². The SMILES string of the molecule is Cn1cnc(CN2CCN(CCn3nc(C(C)(C)C)ccc3=O)CC2)c1. The van der Waals surface area contributed by atoms with Gasteiger partial charge in [-0.1, -0.05) is 20.8 Å². The molecule has 2 aromatic rings. The molecule has 1 aliphatic heterocycles. The van der Waals surface area contributed by atoms with E-state index in [9.17, 15) is 4.79 Å². The Bertz CT molecular complexity index is 780. The molecule has 1 aliphatic rings. The molecule has 1 saturated heterocycles. The normalized spacial score (nSPS) is 16.9. The van der Waals surface area contributed by atoms with Crippen LogP contribution in [0.15, 0.2) is 29.5 Å². The monoisotopic (exact) mass is 358 g/mol. The molecule has 142 valence electrons. The van der Waals surface area contributed by atoms with Gasteiger partial charge in [-0.3, -0.25) is 14.6 Å². The van der Waals surface area contributed by atoms with Gasteiger partial charge in [0.05, 0.1) is 24.3 Å². The summed E-state index contributed by atoms with van der Waals surface area (Å²) in [4.78, 5) is 21.3. The number of aryl methyl sites for hydroxylation is 1. The highest BCUT2D eigenvalue weighted by atomic mass is 16.1. The van der Waals surface area contributed by atoms with E-state index < -0.39 is 0 Å². The average molecular weight is 358 g/mol. The van der Waals surface area contributed by atoms with Gasteiger partial charge >= 0.3 is 0 Å². The van der Waals surface area contributed by atoms with Crippen molar-refractivity contribution in [2.75, 3.05) is 32.7 Å². The van der Waals surface area contributed by atoms with Gasteiger partial charge in [0, 0.05) is 64.0 Å². The molecule has 7 heteroatoms. The van der Waals surface area contributed by atoms with Crippen molar-refractivity contribution in [2.45, 2.75) is 39.3 Å². The first-order valence-electron chi connectivity index (χ1n) is 9.31. The van der Waals surface area contributed by atoms with E-state index in [-0.39, 0.29) is 11.0 Å². The highest BCUT2D eigenvalue weighted by Gasteiger charge is 2.19. The van der Waals surface area contributed by atoms with Crippen LogP contribution < -0.4 is 5.56 Å². The summed E-state index contributed by atoms with van der Waals surface area (Å²) in [6.07, 6.45) is 3.93. The molecule has 0 unspecified atom stereocenters. The predicted molar refractivity (Wildman–Crippen MR) is 102 cm³/mol. The first-order chi connectivity index (χ1) is 12.3. The summed E-state index contributed by atoms with van der Waals surface area (Å²) in [5.74, 6) is 0. The molecular formula is C19H30N6O. The predicted octanol–water partition coefficient (Wildman–Crippen LogP) is 1.09. The third-order valence-corrected chi connectivity index (χ3v) is 4.87. The summed E-state index contributed by atoms with van der Waals surface area (Å²) in [6.45, 7) is 12.8. The zero-order chi connectivity index (χ0) is 18.7. The molecule has 0 N–H and O–H groups in total. The van der Waals surface area contributed by atoms with Gasteiger partial charge < -0.3 is 4.57 Å². The van der Waals surface area contributed by atoms with Gasteiger partial charge in [0.25, 0.3) is 5.56 Å². The zero-order valence-electron chi connectivity index (χ0n) is 16.4. The number of rotatable bonds is 5. The van der Waals surface area contributed by atoms with Crippen LogP contribution in [0.2, 0.25) is 0 Å². The number of hydrogen-bond donors (Lipinski definition) is 0. The minimum Gasteiger partial charge on any atom is -0.340 e. The lowest BCUT2D eigenvalue weighted by Gasteiger charge is -2.34. The fraction of sp³-hybridized carbons (Fsp3) is 0.632. The maximum Gasteiger partial charge on any atom is 0.266 e. The molecule has 2 aromatic heterocycles. The maximum absolute atomic E-state index is 12.1. The Balaban J connectivity index is 1.50. The number of nitrogens with zero attached hydrogens (tertiary/aromatic N) is 6. The fourth-order valence-corrected chi connectivity index (χ4v) is 3.19. The van der Waals surface area contributed by atoms with Gasteiger partial charge in [0.2, 0.25) is 0 Å². The lowest BCUT2D eigenvalue weighted by molar-refractivity contribution is 0.121. The van der Waals surface area contributed by atoms with Crippen molar-refractivity contribution in [3.63, 3.8) is 0 Å². The molecular weight excluding hydrogens is 328 g/mol. The van der Waals surface area contributed by atoms with Crippen LogP contribution in [0.25, 0.3) is 0 Å². The van der Waals surface area contributed by atoms with Crippen LogP contribution in [0.3, 0.4) is 0 Å². The lowest BCUT2D eigenvalue weighted by Crippen LogP contribution is -2.47. The Kier molecular flexibility index (Phi) is 5.58. The average Bonchev–Trinajstić information content (AvgIpc) is 2.99. The standard InChI is InChI=1S/C19H30N6O/c1-19(2,3)17-5-6-18(26)25(21-17)12-11-23-7-9-24(10-8-23)14-16-13-22(4)15-20-16/h5-6,13,15H,7-12,14H2,1-4H3. The van der Waals surface area contributed by atoms with E-state index >= 15 is 0 Å². The smallest absolute Gasteiger partial charge is 0.266 e. The summed E-state index contributed by atoms with van der Waals surface area (Å²) >= 11 is 0. The summed E-state index contributed by atoms with van der Waals surface area (Å²) in [5, 5.41) is 4.56. The van der Waals surface area contributed by atoms with Gasteiger partial charge in [-0.2, -0.15) is 5.10 Å². The Morgan fingerprint density at radius 1 is 1.04 bits per heavy atom.